The highest BCUT2D eigenvalue weighted by Crippen LogP contribution is 2.27. The first kappa shape index (κ1) is 7.21. The Labute approximate surface area is 49.4 Å². The predicted octanol–water partition coefficient (Wildman–Crippen LogP) is -3.43. The molecule has 1 fully saturated rings. The van der Waals surface area contributed by atoms with Gasteiger partial charge in [0.1, 0.15) is 6.61 Å². The Morgan fingerprint density at radius 1 is 1.57 bits per heavy atom. The highest BCUT2D eigenvalue weighted by molar-refractivity contribution is 4.70. The van der Waals surface area contributed by atoms with Gasteiger partial charge in [0.2, 0.25) is 0 Å². The van der Waals surface area contributed by atoms with Crippen LogP contribution in [0.5, 0.6) is 0 Å². The Morgan fingerprint density at radius 3 is 2.29 bits per heavy atom. The molecule has 3 heteroatoms. The maximum Gasteiger partial charge on any atom is 0.109 e. The minimum absolute atomic E-state index is 0. The zero-order chi connectivity index (χ0) is 4.41. The monoisotopic (exact) mass is 123 g/mol. The van der Waals surface area contributed by atoms with Gasteiger partial charge in [-0.1, -0.05) is 0 Å². The van der Waals surface area contributed by atoms with Gasteiger partial charge in [-0.25, -0.2) is 10.7 Å². The summed E-state index contributed by atoms with van der Waals surface area (Å²) in [5.41, 5.74) is 0. The van der Waals surface area contributed by atoms with Crippen molar-refractivity contribution in [2.45, 2.75) is 12.8 Å². The topological polar surface area (TPSA) is 36.9 Å². The van der Waals surface area contributed by atoms with Crippen molar-refractivity contribution >= 4 is 0 Å². The first-order valence-corrected chi connectivity index (χ1v) is 2.30. The van der Waals surface area contributed by atoms with Gasteiger partial charge in [0.25, 0.3) is 0 Å². The molecule has 0 unspecified atom stereocenters. The zero-order valence-corrected chi connectivity index (χ0v) is 4.95. The van der Waals surface area contributed by atoms with Crippen LogP contribution in [0.2, 0.25) is 0 Å². The van der Waals surface area contributed by atoms with Crippen molar-refractivity contribution in [2.24, 2.45) is 5.92 Å². The number of quaternary nitrogens is 1. The van der Waals surface area contributed by atoms with Crippen molar-refractivity contribution < 1.29 is 23.1 Å². The molecule has 1 saturated carbocycles. The fourth-order valence-electron chi connectivity index (χ4n) is 0.451. The highest BCUT2D eigenvalue weighted by atomic mass is 35.5. The van der Waals surface area contributed by atoms with Gasteiger partial charge in [-0.15, -0.1) is 0 Å². The highest BCUT2D eigenvalue weighted by Gasteiger charge is 2.21. The van der Waals surface area contributed by atoms with Crippen molar-refractivity contribution in [3.63, 3.8) is 0 Å². The van der Waals surface area contributed by atoms with E-state index in [1.807, 2.05) is 0 Å². The Bertz CT molecular complexity index is 47.0. The van der Waals surface area contributed by atoms with E-state index >= 15 is 0 Å². The molecule has 0 aromatic rings. The molecule has 0 aromatic carbocycles. The lowest BCUT2D eigenvalue weighted by Gasteiger charge is -1.82. The maximum atomic E-state index is 4.62. The number of hydrogen-bond donors (Lipinski definition) is 1. The molecular formula is C4H10ClNO. The van der Waals surface area contributed by atoms with E-state index in [0.717, 1.165) is 12.5 Å². The third-order valence-electron chi connectivity index (χ3n) is 1.05. The quantitative estimate of drug-likeness (QED) is 0.382. The van der Waals surface area contributed by atoms with Crippen LogP contribution in [-0.4, -0.2) is 6.61 Å². The van der Waals surface area contributed by atoms with E-state index in [0.29, 0.717) is 0 Å². The molecule has 1 aliphatic carbocycles. The van der Waals surface area contributed by atoms with Crippen LogP contribution < -0.4 is 18.3 Å². The molecule has 0 aromatic heterocycles. The van der Waals surface area contributed by atoms with Crippen molar-refractivity contribution in [3.8, 4) is 0 Å². The lowest BCUT2D eigenvalue weighted by molar-refractivity contribution is -0.690. The van der Waals surface area contributed by atoms with Gasteiger partial charge in [0.05, 0.1) is 0 Å². The van der Waals surface area contributed by atoms with Crippen molar-refractivity contribution in [1.82, 2.24) is 0 Å². The number of rotatable bonds is 2. The molecule has 44 valence electrons. The molecule has 1 aliphatic rings. The fraction of sp³-hybridized carbons (Fsp3) is 1.00. The van der Waals surface area contributed by atoms with Crippen molar-refractivity contribution in [2.75, 3.05) is 6.61 Å². The third kappa shape index (κ3) is 2.85. The van der Waals surface area contributed by atoms with Crippen LogP contribution >= 0.6 is 0 Å². The molecule has 0 radical (unpaired) electrons. The average Bonchev–Trinajstić information content (AvgIpc) is 2.21. The molecule has 0 amide bonds. The molecule has 0 spiro atoms. The molecule has 0 bridgehead atoms. The summed E-state index contributed by atoms with van der Waals surface area (Å²) in [4.78, 5) is 4.62. The molecule has 0 aliphatic heterocycles. The molecule has 2 nitrogen and oxygen atoms in total. The van der Waals surface area contributed by atoms with Gasteiger partial charge < -0.3 is 12.4 Å². The van der Waals surface area contributed by atoms with Crippen molar-refractivity contribution in [3.05, 3.63) is 0 Å². The van der Waals surface area contributed by atoms with Crippen LogP contribution in [0.25, 0.3) is 0 Å². The van der Waals surface area contributed by atoms with Gasteiger partial charge >= 0.3 is 0 Å². The van der Waals surface area contributed by atoms with E-state index < -0.39 is 0 Å². The summed E-state index contributed by atoms with van der Waals surface area (Å²) < 4.78 is 0. The number of hydrogen-bond acceptors (Lipinski definition) is 1. The summed E-state index contributed by atoms with van der Waals surface area (Å²) >= 11 is 0. The second kappa shape index (κ2) is 3.24. The van der Waals surface area contributed by atoms with Crippen LogP contribution in [0.4, 0.5) is 0 Å². The van der Waals surface area contributed by atoms with E-state index in [9.17, 15) is 0 Å². The van der Waals surface area contributed by atoms with Crippen LogP contribution in [-0.2, 0) is 4.84 Å². The summed E-state index contributed by atoms with van der Waals surface area (Å²) in [5, 5.41) is 0. The molecular weight excluding hydrogens is 114 g/mol. The minimum Gasteiger partial charge on any atom is -1.00 e. The van der Waals surface area contributed by atoms with Crippen LogP contribution in [0.1, 0.15) is 12.8 Å². The minimum atomic E-state index is 0. The molecule has 0 saturated heterocycles. The van der Waals surface area contributed by atoms with Gasteiger partial charge in [-0.3, -0.25) is 0 Å². The molecule has 0 heterocycles. The molecule has 7 heavy (non-hydrogen) atoms. The summed E-state index contributed by atoms with van der Waals surface area (Å²) in [6.07, 6.45) is 2.71. The van der Waals surface area contributed by atoms with E-state index in [1.54, 1.807) is 0 Å². The summed E-state index contributed by atoms with van der Waals surface area (Å²) in [5.74, 6) is 4.13. The van der Waals surface area contributed by atoms with E-state index in [2.05, 4.69) is 10.7 Å². The Kier molecular flexibility index (Phi) is 3.34. The van der Waals surface area contributed by atoms with Crippen LogP contribution in [0, 0.1) is 5.92 Å². The van der Waals surface area contributed by atoms with Crippen LogP contribution in [0.3, 0.4) is 0 Å². The lowest BCUT2D eigenvalue weighted by atomic mass is 10.5. The van der Waals surface area contributed by atoms with Gasteiger partial charge in [-0.05, 0) is 18.8 Å². The van der Waals surface area contributed by atoms with Gasteiger partial charge in [-0.2, -0.15) is 0 Å². The van der Waals surface area contributed by atoms with Gasteiger partial charge in [0.15, 0.2) is 0 Å². The Morgan fingerprint density at radius 2 is 2.14 bits per heavy atom. The standard InChI is InChI=1S/C4H10NO.ClH/c5-6-3-4-1-2-4;/h4H,1-3H2,5H3;1H/q+1;/p-1. The first-order chi connectivity index (χ1) is 2.93. The lowest BCUT2D eigenvalue weighted by Crippen LogP contribution is -3.00. The normalized spacial score (nSPS) is 18.4. The fourth-order valence-corrected chi connectivity index (χ4v) is 0.451. The van der Waals surface area contributed by atoms with E-state index in [-0.39, 0.29) is 12.4 Å². The van der Waals surface area contributed by atoms with Gasteiger partial charge in [0, 0.05) is 0 Å². The first-order valence-electron chi connectivity index (χ1n) is 2.30. The summed E-state index contributed by atoms with van der Waals surface area (Å²) in [7, 11) is 0. The predicted molar refractivity (Wildman–Crippen MR) is 21.6 cm³/mol. The smallest absolute Gasteiger partial charge is 0.109 e. The molecule has 0 atom stereocenters. The molecule has 1 rings (SSSR count). The van der Waals surface area contributed by atoms with E-state index in [4.69, 9.17) is 0 Å². The molecule has 3 N–H and O–H groups in total. The Balaban J connectivity index is 0.000000360. The average molecular weight is 124 g/mol. The largest absolute Gasteiger partial charge is 1.00 e. The second-order valence-corrected chi connectivity index (χ2v) is 1.81. The number of halogens is 1. The van der Waals surface area contributed by atoms with Crippen molar-refractivity contribution in [1.29, 1.82) is 0 Å². The Hall–Kier alpha value is 0.210. The summed E-state index contributed by atoms with van der Waals surface area (Å²) in [6, 6.07) is 0. The zero-order valence-electron chi connectivity index (χ0n) is 4.19. The third-order valence-corrected chi connectivity index (χ3v) is 1.05. The SMILES string of the molecule is [Cl-].[NH3+]OCC1CC1. The summed E-state index contributed by atoms with van der Waals surface area (Å²) in [6.45, 7) is 0.875. The van der Waals surface area contributed by atoms with E-state index in [1.165, 1.54) is 12.8 Å². The second-order valence-electron chi connectivity index (χ2n) is 1.81. The maximum absolute atomic E-state index is 4.62. The van der Waals surface area contributed by atoms with Crippen LogP contribution in [0.15, 0.2) is 0 Å².